The van der Waals surface area contributed by atoms with Gasteiger partial charge in [-0.2, -0.15) is 0 Å². The van der Waals surface area contributed by atoms with Gasteiger partial charge < -0.3 is 24.7 Å². The third-order valence-electron chi connectivity index (χ3n) is 4.61. The van der Waals surface area contributed by atoms with Crippen LogP contribution in [0.4, 0.5) is 0 Å². The molecule has 0 aliphatic carbocycles. The van der Waals surface area contributed by atoms with Crippen molar-refractivity contribution < 1.29 is 19.1 Å². The highest BCUT2D eigenvalue weighted by Gasteiger charge is 2.23. The number of H-pyrrole nitrogens is 1. The van der Waals surface area contributed by atoms with Crippen molar-refractivity contribution in [2.75, 3.05) is 26.8 Å². The summed E-state index contributed by atoms with van der Waals surface area (Å²) in [5, 5.41) is 2.86. The lowest BCUT2D eigenvalue weighted by Gasteiger charge is -2.31. The summed E-state index contributed by atoms with van der Waals surface area (Å²) in [6.45, 7) is 7.02. The van der Waals surface area contributed by atoms with Gasteiger partial charge in [-0.05, 0) is 13.0 Å². The molecule has 28 heavy (non-hydrogen) atoms. The zero-order valence-corrected chi connectivity index (χ0v) is 16.1. The molecule has 1 fully saturated rings. The monoisotopic (exact) mass is 387 g/mol. The first-order valence-corrected chi connectivity index (χ1v) is 9.23. The Morgan fingerprint density at radius 2 is 2.21 bits per heavy atom. The molecule has 1 aliphatic rings. The van der Waals surface area contributed by atoms with E-state index in [0.717, 1.165) is 0 Å². The van der Waals surface area contributed by atoms with Gasteiger partial charge >= 0.3 is 0 Å². The molecule has 2 aromatic rings. The highest BCUT2D eigenvalue weighted by Crippen LogP contribution is 2.21. The van der Waals surface area contributed by atoms with Crippen LogP contribution >= 0.6 is 0 Å². The molecule has 0 bridgehead atoms. The molecule has 1 atom stereocenters. The summed E-state index contributed by atoms with van der Waals surface area (Å²) in [7, 11) is 1.58. The molecule has 3 rings (SSSR count). The Kier molecular flexibility index (Phi) is 6.25. The topological polar surface area (TPSA) is 109 Å². The average molecular weight is 387 g/mol. The van der Waals surface area contributed by atoms with Gasteiger partial charge in [0.25, 0.3) is 5.91 Å². The van der Waals surface area contributed by atoms with Gasteiger partial charge in [-0.1, -0.05) is 6.58 Å². The lowest BCUT2D eigenvalue weighted by Crippen LogP contribution is -2.41. The molecule has 150 valence electrons. The van der Waals surface area contributed by atoms with Crippen molar-refractivity contribution in [1.29, 1.82) is 0 Å². The molecular weight excluding hydrogens is 362 g/mol. The molecular formula is C19H25N5O4. The highest BCUT2D eigenvalue weighted by atomic mass is 16.5. The molecule has 2 amide bonds. The first-order valence-electron chi connectivity index (χ1n) is 9.23. The Balaban J connectivity index is 1.68. The summed E-state index contributed by atoms with van der Waals surface area (Å²) in [5.74, 6) is 0.0448. The summed E-state index contributed by atoms with van der Waals surface area (Å²) >= 11 is 0. The number of likely N-dealkylation sites (tertiary alicyclic amines) is 1. The maximum absolute atomic E-state index is 12.5. The summed E-state index contributed by atoms with van der Waals surface area (Å²) in [4.78, 5) is 37.6. The van der Waals surface area contributed by atoms with Crippen molar-refractivity contribution in [1.82, 2.24) is 25.2 Å². The number of carbonyl (C=O) groups excluding carboxylic acids is 2. The fourth-order valence-electron chi connectivity index (χ4n) is 3.19. The standard InChI is InChI=1S/C19H25N5O4/c1-4-16(25)24-7-5-13(6-8-24)28-15-10-21-18-17(23-15)14(9-20-18)19(26)22-12(2)11-27-3/h4,9-10,12-13H,1,5-8,11H2,2-3H3,(H,20,21)(H,22,26)/t12-/m0/s1. The summed E-state index contributed by atoms with van der Waals surface area (Å²) in [5.41, 5.74) is 1.38. The number of rotatable bonds is 7. The normalized spacial score (nSPS) is 16.0. The first-order chi connectivity index (χ1) is 13.5. The van der Waals surface area contributed by atoms with E-state index < -0.39 is 0 Å². The van der Waals surface area contributed by atoms with E-state index in [4.69, 9.17) is 9.47 Å². The number of carbonyl (C=O) groups is 2. The second-order valence-corrected chi connectivity index (χ2v) is 6.78. The number of piperidine rings is 1. The van der Waals surface area contributed by atoms with Crippen LogP contribution in [-0.2, 0) is 9.53 Å². The van der Waals surface area contributed by atoms with Crippen LogP contribution in [0, 0.1) is 0 Å². The molecule has 3 heterocycles. The van der Waals surface area contributed by atoms with Crippen LogP contribution in [0.1, 0.15) is 30.1 Å². The van der Waals surface area contributed by atoms with Gasteiger partial charge in [0.15, 0.2) is 5.65 Å². The number of hydrogen-bond acceptors (Lipinski definition) is 6. The van der Waals surface area contributed by atoms with Crippen molar-refractivity contribution in [3.05, 3.63) is 30.6 Å². The van der Waals surface area contributed by atoms with Gasteiger partial charge in [0.1, 0.15) is 11.6 Å². The van der Waals surface area contributed by atoms with Gasteiger partial charge in [-0.15, -0.1) is 0 Å². The van der Waals surface area contributed by atoms with Crippen LogP contribution in [0.15, 0.2) is 25.0 Å². The molecule has 2 N–H and O–H groups in total. The van der Waals surface area contributed by atoms with E-state index in [1.165, 1.54) is 12.3 Å². The van der Waals surface area contributed by atoms with E-state index in [9.17, 15) is 9.59 Å². The number of nitrogens with one attached hydrogen (secondary N) is 2. The number of ether oxygens (including phenoxy) is 2. The fraction of sp³-hybridized carbons (Fsp3) is 0.474. The van der Waals surface area contributed by atoms with E-state index in [1.807, 2.05) is 6.92 Å². The smallest absolute Gasteiger partial charge is 0.255 e. The first kappa shape index (κ1) is 19.8. The van der Waals surface area contributed by atoms with Gasteiger partial charge in [-0.25, -0.2) is 9.97 Å². The number of fused-ring (bicyclic) bond motifs is 1. The minimum absolute atomic E-state index is 0.0569. The molecule has 9 nitrogen and oxygen atoms in total. The number of nitrogens with zero attached hydrogens (tertiary/aromatic N) is 3. The number of hydrogen-bond donors (Lipinski definition) is 2. The molecule has 0 aromatic carbocycles. The Morgan fingerprint density at radius 3 is 2.89 bits per heavy atom. The van der Waals surface area contributed by atoms with E-state index in [-0.39, 0.29) is 24.0 Å². The van der Waals surface area contributed by atoms with Crippen LogP contribution in [-0.4, -0.2) is 70.6 Å². The summed E-state index contributed by atoms with van der Waals surface area (Å²) < 4.78 is 11.0. The fourth-order valence-corrected chi connectivity index (χ4v) is 3.19. The lowest BCUT2D eigenvalue weighted by molar-refractivity contribution is -0.127. The third kappa shape index (κ3) is 4.48. The van der Waals surface area contributed by atoms with Gasteiger partial charge in [-0.3, -0.25) is 9.59 Å². The maximum Gasteiger partial charge on any atom is 0.255 e. The Labute approximate surface area is 163 Å². The minimum atomic E-state index is -0.251. The van der Waals surface area contributed by atoms with Gasteiger partial charge in [0, 0.05) is 45.3 Å². The number of aromatic amines is 1. The van der Waals surface area contributed by atoms with Crippen LogP contribution < -0.4 is 10.1 Å². The van der Waals surface area contributed by atoms with Crippen molar-refractivity contribution in [2.45, 2.75) is 31.9 Å². The predicted octanol–water partition coefficient (Wildman–Crippen LogP) is 1.28. The average Bonchev–Trinajstić information content (AvgIpc) is 3.11. The molecule has 0 unspecified atom stereocenters. The molecule has 0 radical (unpaired) electrons. The third-order valence-corrected chi connectivity index (χ3v) is 4.61. The van der Waals surface area contributed by atoms with Gasteiger partial charge in [0.2, 0.25) is 11.8 Å². The Morgan fingerprint density at radius 1 is 1.46 bits per heavy atom. The molecule has 1 aliphatic heterocycles. The van der Waals surface area contributed by atoms with Crippen LogP contribution in [0.2, 0.25) is 0 Å². The molecule has 1 saturated heterocycles. The van der Waals surface area contributed by atoms with E-state index in [2.05, 4.69) is 26.8 Å². The number of amides is 2. The SMILES string of the molecule is C=CC(=O)N1CCC(Oc2cnc3[nH]cc(C(=O)N[C@@H](C)COC)c3n2)CC1. The zero-order valence-electron chi connectivity index (χ0n) is 16.1. The second-order valence-electron chi connectivity index (χ2n) is 6.78. The van der Waals surface area contributed by atoms with E-state index in [0.29, 0.717) is 55.1 Å². The molecule has 2 aromatic heterocycles. The van der Waals surface area contributed by atoms with Crippen LogP contribution in [0.3, 0.4) is 0 Å². The van der Waals surface area contributed by atoms with Gasteiger partial charge in [0.05, 0.1) is 18.4 Å². The Hall–Kier alpha value is -2.94. The van der Waals surface area contributed by atoms with Crippen LogP contribution in [0.5, 0.6) is 5.88 Å². The molecule has 0 saturated carbocycles. The highest BCUT2D eigenvalue weighted by molar-refractivity contribution is 6.04. The van der Waals surface area contributed by atoms with Crippen molar-refractivity contribution in [3.8, 4) is 5.88 Å². The predicted molar refractivity (Wildman–Crippen MR) is 103 cm³/mol. The second kappa shape index (κ2) is 8.83. The van der Waals surface area contributed by atoms with Crippen LogP contribution in [0.25, 0.3) is 11.2 Å². The maximum atomic E-state index is 12.5. The zero-order chi connectivity index (χ0) is 20.1. The van der Waals surface area contributed by atoms with Crippen molar-refractivity contribution in [2.24, 2.45) is 0 Å². The lowest BCUT2D eigenvalue weighted by atomic mass is 10.1. The summed E-state index contributed by atoms with van der Waals surface area (Å²) in [6, 6.07) is -0.127. The largest absolute Gasteiger partial charge is 0.473 e. The van der Waals surface area contributed by atoms with Crippen molar-refractivity contribution in [3.63, 3.8) is 0 Å². The molecule has 0 spiro atoms. The van der Waals surface area contributed by atoms with E-state index >= 15 is 0 Å². The molecule has 9 heteroatoms. The number of methoxy groups -OCH3 is 1. The summed E-state index contributed by atoms with van der Waals surface area (Å²) in [6.07, 6.45) is 5.80. The number of aromatic nitrogens is 3. The minimum Gasteiger partial charge on any atom is -0.473 e. The Bertz CT molecular complexity index is 857. The van der Waals surface area contributed by atoms with Crippen molar-refractivity contribution >= 4 is 23.0 Å². The quantitative estimate of drug-likeness (QED) is 0.693. The van der Waals surface area contributed by atoms with E-state index in [1.54, 1.807) is 18.2 Å².